The van der Waals surface area contributed by atoms with Crippen molar-refractivity contribution in [2.45, 2.75) is 31.9 Å². The van der Waals surface area contributed by atoms with Gasteiger partial charge in [0, 0.05) is 12.6 Å². The molecule has 0 fully saturated rings. The molecule has 2 atom stereocenters. The summed E-state index contributed by atoms with van der Waals surface area (Å²) in [6, 6.07) is 14.1. The molecular formula is C18H24ClNO3. The summed E-state index contributed by atoms with van der Waals surface area (Å²) < 4.78 is 0. The molecule has 0 radical (unpaired) electrons. The summed E-state index contributed by atoms with van der Waals surface area (Å²) in [4.78, 5) is 0. The Morgan fingerprint density at radius 3 is 2.35 bits per heavy atom. The molecule has 23 heavy (non-hydrogen) atoms. The molecule has 5 heteroatoms. The van der Waals surface area contributed by atoms with E-state index >= 15 is 0 Å². The van der Waals surface area contributed by atoms with Gasteiger partial charge in [0.05, 0.1) is 6.10 Å². The van der Waals surface area contributed by atoms with Crippen molar-refractivity contribution in [2.75, 3.05) is 6.54 Å². The van der Waals surface area contributed by atoms with Gasteiger partial charge in [-0.25, -0.2) is 0 Å². The molecule has 0 aliphatic heterocycles. The first-order valence-corrected chi connectivity index (χ1v) is 7.53. The fourth-order valence-corrected chi connectivity index (χ4v) is 2.32. The number of aliphatic hydroxyl groups is 1. The topological polar surface area (TPSA) is 72.7 Å². The monoisotopic (exact) mass is 337 g/mol. The van der Waals surface area contributed by atoms with Crippen molar-refractivity contribution in [3.05, 3.63) is 59.7 Å². The van der Waals surface area contributed by atoms with Crippen LogP contribution in [0.25, 0.3) is 0 Å². The SMILES string of the molecule is C[C@H](CCc1cccc(O)c1)NCC(O)c1ccc(O)cc1.Cl. The molecule has 0 spiro atoms. The zero-order chi connectivity index (χ0) is 15.9. The number of halogens is 1. The molecule has 0 amide bonds. The fourth-order valence-electron chi connectivity index (χ4n) is 2.32. The minimum Gasteiger partial charge on any atom is -0.508 e. The highest BCUT2D eigenvalue weighted by Gasteiger charge is 2.09. The Labute approximate surface area is 143 Å². The highest BCUT2D eigenvalue weighted by molar-refractivity contribution is 5.85. The van der Waals surface area contributed by atoms with Crippen LogP contribution in [0.15, 0.2) is 48.5 Å². The number of benzene rings is 2. The van der Waals surface area contributed by atoms with Gasteiger partial charge in [-0.15, -0.1) is 12.4 Å². The van der Waals surface area contributed by atoms with Crippen LogP contribution in [0, 0.1) is 0 Å². The van der Waals surface area contributed by atoms with Crippen molar-refractivity contribution in [2.24, 2.45) is 0 Å². The predicted molar refractivity (Wildman–Crippen MR) is 94.2 cm³/mol. The van der Waals surface area contributed by atoms with E-state index in [1.165, 1.54) is 0 Å². The maximum absolute atomic E-state index is 10.1. The van der Waals surface area contributed by atoms with Crippen molar-refractivity contribution in [1.29, 1.82) is 0 Å². The Hall–Kier alpha value is -1.75. The summed E-state index contributed by atoms with van der Waals surface area (Å²) in [5.74, 6) is 0.490. The third-order valence-electron chi connectivity index (χ3n) is 3.71. The van der Waals surface area contributed by atoms with Crippen LogP contribution >= 0.6 is 12.4 Å². The Morgan fingerprint density at radius 1 is 1.00 bits per heavy atom. The minimum absolute atomic E-state index is 0. The van der Waals surface area contributed by atoms with Gasteiger partial charge in [-0.05, 0) is 55.2 Å². The molecule has 2 aromatic rings. The number of aromatic hydroxyl groups is 2. The van der Waals surface area contributed by atoms with Crippen molar-refractivity contribution >= 4 is 12.4 Å². The molecule has 2 aromatic carbocycles. The smallest absolute Gasteiger partial charge is 0.115 e. The summed E-state index contributed by atoms with van der Waals surface area (Å²) in [5.41, 5.74) is 1.89. The van der Waals surface area contributed by atoms with Crippen LogP contribution in [0.1, 0.15) is 30.6 Å². The average Bonchev–Trinajstić information content (AvgIpc) is 2.51. The first kappa shape index (κ1) is 19.3. The molecule has 126 valence electrons. The van der Waals surface area contributed by atoms with Gasteiger partial charge in [0.15, 0.2) is 0 Å². The minimum atomic E-state index is -0.594. The van der Waals surface area contributed by atoms with Crippen LogP contribution in [-0.2, 0) is 6.42 Å². The van der Waals surface area contributed by atoms with E-state index in [2.05, 4.69) is 12.2 Å². The molecule has 0 aliphatic carbocycles. The van der Waals surface area contributed by atoms with Crippen LogP contribution in [0.3, 0.4) is 0 Å². The van der Waals surface area contributed by atoms with E-state index in [0.29, 0.717) is 12.3 Å². The number of hydrogen-bond acceptors (Lipinski definition) is 4. The molecule has 0 aliphatic rings. The second-order valence-corrected chi connectivity index (χ2v) is 5.63. The van der Waals surface area contributed by atoms with Gasteiger partial charge in [0.2, 0.25) is 0 Å². The Morgan fingerprint density at radius 2 is 1.70 bits per heavy atom. The molecule has 4 nitrogen and oxygen atoms in total. The van der Waals surface area contributed by atoms with Crippen LogP contribution < -0.4 is 5.32 Å². The molecule has 1 unspecified atom stereocenters. The lowest BCUT2D eigenvalue weighted by molar-refractivity contribution is 0.170. The van der Waals surface area contributed by atoms with E-state index in [-0.39, 0.29) is 24.2 Å². The van der Waals surface area contributed by atoms with Gasteiger partial charge < -0.3 is 20.6 Å². The van der Waals surface area contributed by atoms with Crippen LogP contribution in [0.2, 0.25) is 0 Å². The second-order valence-electron chi connectivity index (χ2n) is 5.63. The van der Waals surface area contributed by atoms with E-state index in [1.54, 1.807) is 36.4 Å². The molecule has 2 rings (SSSR count). The van der Waals surface area contributed by atoms with Crippen molar-refractivity contribution in [3.8, 4) is 11.5 Å². The normalized spacial score (nSPS) is 13.1. The maximum Gasteiger partial charge on any atom is 0.115 e. The lowest BCUT2D eigenvalue weighted by Gasteiger charge is -2.17. The number of aryl methyl sites for hydroxylation is 1. The zero-order valence-corrected chi connectivity index (χ0v) is 14.0. The van der Waals surface area contributed by atoms with Gasteiger partial charge in [0.25, 0.3) is 0 Å². The van der Waals surface area contributed by atoms with Gasteiger partial charge in [0.1, 0.15) is 11.5 Å². The van der Waals surface area contributed by atoms with Crippen LogP contribution in [0.5, 0.6) is 11.5 Å². The summed E-state index contributed by atoms with van der Waals surface area (Å²) in [7, 11) is 0. The van der Waals surface area contributed by atoms with E-state index in [1.807, 2.05) is 12.1 Å². The molecule has 4 N–H and O–H groups in total. The predicted octanol–water partition coefficient (Wildman–Crippen LogP) is 3.16. The third kappa shape index (κ3) is 6.48. The number of hydrogen-bond donors (Lipinski definition) is 4. The standard InChI is InChI=1S/C18H23NO3.ClH/c1-13(5-6-14-3-2-4-17(21)11-14)19-12-18(22)15-7-9-16(20)10-8-15;/h2-4,7-11,13,18-22H,5-6,12H2,1H3;1H/t13-,18?;/m1./s1. The quantitative estimate of drug-likeness (QED) is 0.626. The number of phenolic OH excluding ortho intramolecular Hbond substituents is 2. The van der Waals surface area contributed by atoms with Gasteiger partial charge in [-0.3, -0.25) is 0 Å². The summed E-state index contributed by atoms with van der Waals surface area (Å²) >= 11 is 0. The zero-order valence-electron chi connectivity index (χ0n) is 13.1. The summed E-state index contributed by atoms with van der Waals surface area (Å²) in [6.45, 7) is 2.54. The fraction of sp³-hybridized carbons (Fsp3) is 0.333. The molecular weight excluding hydrogens is 314 g/mol. The molecule has 0 saturated carbocycles. The van der Waals surface area contributed by atoms with Gasteiger partial charge in [-0.2, -0.15) is 0 Å². The Balaban J connectivity index is 0.00000264. The Bertz CT molecular complexity index is 589. The van der Waals surface area contributed by atoms with Crippen molar-refractivity contribution < 1.29 is 15.3 Å². The van der Waals surface area contributed by atoms with Crippen LogP contribution in [-0.4, -0.2) is 27.9 Å². The molecule has 0 bridgehead atoms. The number of nitrogens with one attached hydrogen (secondary N) is 1. The molecule has 0 heterocycles. The summed E-state index contributed by atoms with van der Waals surface area (Å²) in [5, 5.41) is 32.1. The Kier molecular flexibility index (Phi) is 7.89. The maximum atomic E-state index is 10.1. The van der Waals surface area contributed by atoms with E-state index in [9.17, 15) is 15.3 Å². The van der Waals surface area contributed by atoms with Gasteiger partial charge >= 0.3 is 0 Å². The lowest BCUT2D eigenvalue weighted by Crippen LogP contribution is -2.30. The van der Waals surface area contributed by atoms with Crippen molar-refractivity contribution in [1.82, 2.24) is 5.32 Å². The average molecular weight is 338 g/mol. The number of rotatable bonds is 7. The van der Waals surface area contributed by atoms with E-state index in [4.69, 9.17) is 0 Å². The van der Waals surface area contributed by atoms with E-state index in [0.717, 1.165) is 24.0 Å². The second kappa shape index (κ2) is 9.40. The highest BCUT2D eigenvalue weighted by Crippen LogP contribution is 2.17. The van der Waals surface area contributed by atoms with Gasteiger partial charge in [-0.1, -0.05) is 24.3 Å². The lowest BCUT2D eigenvalue weighted by atomic mass is 10.0. The first-order valence-electron chi connectivity index (χ1n) is 7.53. The first-order chi connectivity index (χ1) is 10.5. The largest absolute Gasteiger partial charge is 0.508 e. The third-order valence-corrected chi connectivity index (χ3v) is 3.71. The molecule has 0 aromatic heterocycles. The van der Waals surface area contributed by atoms with Crippen molar-refractivity contribution in [3.63, 3.8) is 0 Å². The number of aliphatic hydroxyl groups excluding tert-OH is 1. The highest BCUT2D eigenvalue weighted by atomic mass is 35.5. The van der Waals surface area contributed by atoms with E-state index < -0.39 is 6.10 Å². The number of phenols is 2. The van der Waals surface area contributed by atoms with Crippen LogP contribution in [0.4, 0.5) is 0 Å². The molecule has 0 saturated heterocycles. The summed E-state index contributed by atoms with van der Waals surface area (Å²) in [6.07, 6.45) is 1.20.